The molecule has 0 unspecified atom stereocenters. The maximum absolute atomic E-state index is 12.4. The van der Waals surface area contributed by atoms with Crippen molar-refractivity contribution < 1.29 is 17.9 Å². The van der Waals surface area contributed by atoms with Crippen LogP contribution in [0.25, 0.3) is 5.57 Å². The summed E-state index contributed by atoms with van der Waals surface area (Å²) in [4.78, 5) is 0. The van der Waals surface area contributed by atoms with Gasteiger partial charge in [-0.25, -0.2) is 0 Å². The molecule has 0 aliphatic heterocycles. The number of halogens is 3. The number of hydrogen-bond donors (Lipinski definition) is 0. The van der Waals surface area contributed by atoms with E-state index < -0.39 is 11.7 Å². The topological polar surface area (TPSA) is 9.23 Å². The quantitative estimate of drug-likeness (QED) is 0.564. The molecule has 4 heteroatoms. The smallest absolute Gasteiger partial charge is 0.416 e. The highest BCUT2D eigenvalue weighted by Crippen LogP contribution is 2.31. The average molecular weight is 256 g/mol. The van der Waals surface area contributed by atoms with Gasteiger partial charge >= 0.3 is 6.18 Å². The minimum Gasteiger partial charge on any atom is -0.496 e. The number of methoxy groups -OCH3 is 1. The van der Waals surface area contributed by atoms with Crippen molar-refractivity contribution in [2.24, 2.45) is 0 Å². The Labute approximate surface area is 105 Å². The van der Waals surface area contributed by atoms with E-state index in [1.807, 2.05) is 13.8 Å². The molecule has 0 saturated carbocycles. The number of benzene rings is 1. The Hall–Kier alpha value is -1.71. The van der Waals surface area contributed by atoms with E-state index in [2.05, 4.69) is 0 Å². The summed E-state index contributed by atoms with van der Waals surface area (Å²) in [5, 5.41) is 0. The van der Waals surface area contributed by atoms with Gasteiger partial charge in [0.25, 0.3) is 0 Å². The monoisotopic (exact) mass is 256 g/mol. The molecule has 1 rings (SSSR count). The van der Waals surface area contributed by atoms with Crippen LogP contribution in [0.3, 0.4) is 0 Å². The van der Waals surface area contributed by atoms with Gasteiger partial charge in [-0.1, -0.05) is 18.2 Å². The standard InChI is InChI=1S/C14H15F3O/c1-4-12(13(5-2)18-3)10-6-8-11(9-7-10)14(15,16)17/h4-9H,1-3H3/b12-4-,13-5+. The predicted octanol–water partition coefficient (Wildman–Crippen LogP) is 4.66. The summed E-state index contributed by atoms with van der Waals surface area (Å²) < 4.78 is 42.5. The van der Waals surface area contributed by atoms with Gasteiger partial charge in [0.1, 0.15) is 5.76 Å². The van der Waals surface area contributed by atoms with Crippen molar-refractivity contribution in [1.82, 2.24) is 0 Å². The number of allylic oxidation sites excluding steroid dienone is 3. The van der Waals surface area contributed by atoms with Gasteiger partial charge in [0.2, 0.25) is 0 Å². The van der Waals surface area contributed by atoms with Gasteiger partial charge in [-0.15, -0.1) is 0 Å². The van der Waals surface area contributed by atoms with Gasteiger partial charge in [-0.05, 0) is 37.6 Å². The summed E-state index contributed by atoms with van der Waals surface area (Å²) in [6.07, 6.45) is -0.728. The van der Waals surface area contributed by atoms with Gasteiger partial charge in [0, 0.05) is 5.57 Å². The van der Waals surface area contributed by atoms with Crippen LogP contribution in [0.4, 0.5) is 13.2 Å². The van der Waals surface area contributed by atoms with Crippen LogP contribution in [0.1, 0.15) is 25.0 Å². The predicted molar refractivity (Wildman–Crippen MR) is 65.9 cm³/mol. The third kappa shape index (κ3) is 3.15. The molecule has 0 bridgehead atoms. The maximum atomic E-state index is 12.4. The molecule has 0 aliphatic rings. The second-order valence-electron chi connectivity index (χ2n) is 3.63. The van der Waals surface area contributed by atoms with Crippen LogP contribution in [-0.4, -0.2) is 7.11 Å². The Morgan fingerprint density at radius 3 is 1.94 bits per heavy atom. The average Bonchev–Trinajstić information content (AvgIpc) is 2.35. The number of rotatable bonds is 3. The Morgan fingerprint density at radius 2 is 1.61 bits per heavy atom. The molecule has 0 radical (unpaired) electrons. The first kappa shape index (κ1) is 14.4. The lowest BCUT2D eigenvalue weighted by Gasteiger charge is -2.12. The van der Waals surface area contributed by atoms with E-state index in [1.54, 1.807) is 12.2 Å². The molecule has 0 saturated heterocycles. The van der Waals surface area contributed by atoms with E-state index in [9.17, 15) is 13.2 Å². The van der Waals surface area contributed by atoms with E-state index in [1.165, 1.54) is 19.2 Å². The van der Waals surface area contributed by atoms with Gasteiger partial charge in [0.15, 0.2) is 0 Å². The summed E-state index contributed by atoms with van der Waals surface area (Å²) in [5.41, 5.74) is 0.815. The Bertz CT molecular complexity index is 453. The summed E-state index contributed by atoms with van der Waals surface area (Å²) in [5.74, 6) is 0.636. The van der Waals surface area contributed by atoms with Crippen molar-refractivity contribution in [2.45, 2.75) is 20.0 Å². The summed E-state index contributed by atoms with van der Waals surface area (Å²) in [7, 11) is 1.53. The molecule has 0 amide bonds. The Kier molecular flexibility index (Phi) is 4.59. The molecule has 0 fully saturated rings. The molecular formula is C14H15F3O. The Balaban J connectivity index is 3.12. The molecule has 0 spiro atoms. The first-order chi connectivity index (χ1) is 8.43. The third-order valence-corrected chi connectivity index (χ3v) is 2.56. The minimum atomic E-state index is -4.31. The van der Waals surface area contributed by atoms with Crippen molar-refractivity contribution in [1.29, 1.82) is 0 Å². The molecule has 1 aromatic carbocycles. The molecule has 0 aliphatic carbocycles. The zero-order valence-electron chi connectivity index (χ0n) is 10.5. The van der Waals surface area contributed by atoms with Crippen LogP contribution in [0.5, 0.6) is 0 Å². The fourth-order valence-corrected chi connectivity index (χ4v) is 1.67. The molecular weight excluding hydrogens is 241 g/mol. The van der Waals surface area contributed by atoms with Crippen LogP contribution < -0.4 is 0 Å². The minimum absolute atomic E-state index is 0.636. The van der Waals surface area contributed by atoms with Gasteiger partial charge in [-0.3, -0.25) is 0 Å². The number of hydrogen-bond acceptors (Lipinski definition) is 1. The van der Waals surface area contributed by atoms with Crippen LogP contribution >= 0.6 is 0 Å². The second-order valence-corrected chi connectivity index (χ2v) is 3.63. The molecule has 0 N–H and O–H groups in total. The van der Waals surface area contributed by atoms with Crippen LogP contribution in [0.15, 0.2) is 42.2 Å². The largest absolute Gasteiger partial charge is 0.496 e. The van der Waals surface area contributed by atoms with Crippen molar-refractivity contribution in [3.8, 4) is 0 Å². The van der Waals surface area contributed by atoms with Crippen molar-refractivity contribution in [3.05, 3.63) is 53.3 Å². The molecule has 0 heterocycles. The normalized spacial score (nSPS) is 13.7. The molecule has 1 nitrogen and oxygen atoms in total. The fraction of sp³-hybridized carbons (Fsp3) is 0.286. The molecule has 18 heavy (non-hydrogen) atoms. The SMILES string of the molecule is C/C=C(\C(=C/C)OC)c1ccc(C(F)(F)F)cc1. The highest BCUT2D eigenvalue weighted by atomic mass is 19.4. The highest BCUT2D eigenvalue weighted by molar-refractivity contribution is 5.76. The number of ether oxygens (including phenoxy) is 1. The van der Waals surface area contributed by atoms with E-state index in [4.69, 9.17) is 4.74 Å². The van der Waals surface area contributed by atoms with Crippen molar-refractivity contribution in [2.75, 3.05) is 7.11 Å². The molecule has 1 aromatic rings. The Morgan fingerprint density at radius 1 is 1.06 bits per heavy atom. The molecule has 0 aromatic heterocycles. The first-order valence-corrected chi connectivity index (χ1v) is 5.48. The van der Waals surface area contributed by atoms with E-state index in [-0.39, 0.29) is 0 Å². The van der Waals surface area contributed by atoms with Gasteiger partial charge in [0.05, 0.1) is 12.7 Å². The van der Waals surface area contributed by atoms with Gasteiger partial charge in [-0.2, -0.15) is 13.2 Å². The summed E-state index contributed by atoms with van der Waals surface area (Å²) >= 11 is 0. The second kappa shape index (κ2) is 5.76. The summed E-state index contributed by atoms with van der Waals surface area (Å²) in [6.45, 7) is 3.63. The van der Waals surface area contributed by atoms with Crippen molar-refractivity contribution >= 4 is 5.57 Å². The highest BCUT2D eigenvalue weighted by Gasteiger charge is 2.30. The zero-order chi connectivity index (χ0) is 13.8. The van der Waals surface area contributed by atoms with E-state index in [0.29, 0.717) is 11.3 Å². The molecule has 0 atom stereocenters. The van der Waals surface area contributed by atoms with Crippen LogP contribution in [0, 0.1) is 0 Å². The number of alkyl halides is 3. The zero-order valence-corrected chi connectivity index (χ0v) is 10.5. The van der Waals surface area contributed by atoms with Crippen LogP contribution in [-0.2, 0) is 10.9 Å². The van der Waals surface area contributed by atoms with E-state index in [0.717, 1.165) is 17.7 Å². The first-order valence-electron chi connectivity index (χ1n) is 5.48. The fourth-order valence-electron chi connectivity index (χ4n) is 1.67. The van der Waals surface area contributed by atoms with Crippen LogP contribution in [0.2, 0.25) is 0 Å². The molecule has 98 valence electrons. The van der Waals surface area contributed by atoms with Crippen molar-refractivity contribution in [3.63, 3.8) is 0 Å². The lowest BCUT2D eigenvalue weighted by Crippen LogP contribution is -2.04. The van der Waals surface area contributed by atoms with E-state index >= 15 is 0 Å². The maximum Gasteiger partial charge on any atom is 0.416 e. The van der Waals surface area contributed by atoms with Gasteiger partial charge < -0.3 is 4.74 Å². The lowest BCUT2D eigenvalue weighted by molar-refractivity contribution is -0.137. The summed E-state index contributed by atoms with van der Waals surface area (Å²) in [6, 6.07) is 5.03. The lowest BCUT2D eigenvalue weighted by atomic mass is 10.0. The third-order valence-electron chi connectivity index (χ3n) is 2.56.